The fraction of sp³-hybridized carbons (Fsp3) is 0.154. The fourth-order valence-electron chi connectivity index (χ4n) is 3.12. The maximum absolute atomic E-state index is 12.1. The van der Waals surface area contributed by atoms with Crippen LogP contribution < -0.4 is 21.8 Å². The van der Waals surface area contributed by atoms with Gasteiger partial charge in [-0.05, 0) is 66.4 Å². The smallest absolute Gasteiger partial charge is 0.284 e. The van der Waals surface area contributed by atoms with Crippen molar-refractivity contribution in [3.63, 3.8) is 0 Å². The summed E-state index contributed by atoms with van der Waals surface area (Å²) in [5.41, 5.74) is 8.88. The standard InChI is InChI=1S/C18H16N2O3S.C7H10N2.CH3NO/c21-17(9-6-12-4-2-1-3-5-12)19-14-7-8-15-13(10-14)11-16(24-15)18(22)20-23;1-8-6-7-2-4-9-5-3-7;2-1-3/h1-5,7-8,10-11,23H,6,9H2,(H,19,21)(H,20,22);2-5,8H,6H2,1H3;1H,(H2,2,3). The number of fused-ring (bicyclic) bond motifs is 1. The maximum atomic E-state index is 12.1. The molecule has 4 rings (SSSR count). The van der Waals surface area contributed by atoms with Crippen LogP contribution in [0.1, 0.15) is 27.2 Å². The average molecular weight is 508 g/mol. The number of carbonyl (C=O) groups excluding carboxylic acids is 3. The van der Waals surface area contributed by atoms with Crippen LogP contribution in [0.4, 0.5) is 5.69 Å². The van der Waals surface area contributed by atoms with Crippen molar-refractivity contribution in [3.05, 3.63) is 95.1 Å². The van der Waals surface area contributed by atoms with Gasteiger partial charge in [-0.3, -0.25) is 24.6 Å². The second-order valence-electron chi connectivity index (χ2n) is 7.36. The van der Waals surface area contributed by atoms with Gasteiger partial charge in [-0.1, -0.05) is 30.3 Å². The van der Waals surface area contributed by atoms with Gasteiger partial charge in [-0.15, -0.1) is 11.3 Å². The molecular weight excluding hydrogens is 478 g/mol. The molecule has 10 heteroatoms. The van der Waals surface area contributed by atoms with Crippen molar-refractivity contribution in [1.82, 2.24) is 15.8 Å². The van der Waals surface area contributed by atoms with Crippen molar-refractivity contribution in [1.29, 1.82) is 0 Å². The number of hydroxylamine groups is 1. The van der Waals surface area contributed by atoms with Gasteiger partial charge in [0.1, 0.15) is 0 Å². The number of rotatable bonds is 7. The summed E-state index contributed by atoms with van der Waals surface area (Å²) in [5.74, 6) is -0.591. The lowest BCUT2D eigenvalue weighted by Gasteiger charge is -2.05. The third-order valence-electron chi connectivity index (χ3n) is 4.74. The van der Waals surface area contributed by atoms with Crippen molar-refractivity contribution in [2.45, 2.75) is 19.4 Å². The topological polar surface area (TPSA) is 146 Å². The Morgan fingerprint density at radius 3 is 2.36 bits per heavy atom. The van der Waals surface area contributed by atoms with E-state index in [1.807, 2.05) is 61.6 Å². The molecule has 4 aromatic rings. The Bertz CT molecular complexity index is 1230. The third-order valence-corrected chi connectivity index (χ3v) is 5.85. The molecule has 0 saturated carbocycles. The van der Waals surface area contributed by atoms with Crippen LogP contribution in [-0.4, -0.2) is 35.5 Å². The zero-order chi connectivity index (χ0) is 26.2. The van der Waals surface area contributed by atoms with Gasteiger partial charge in [0, 0.05) is 35.7 Å². The molecule has 3 amide bonds. The van der Waals surface area contributed by atoms with Crippen LogP contribution in [0.2, 0.25) is 0 Å². The van der Waals surface area contributed by atoms with E-state index in [0.717, 1.165) is 22.2 Å². The van der Waals surface area contributed by atoms with E-state index in [1.165, 1.54) is 16.9 Å². The molecule has 0 saturated heterocycles. The van der Waals surface area contributed by atoms with E-state index in [4.69, 9.17) is 10.0 Å². The normalized spacial score (nSPS) is 9.72. The lowest BCUT2D eigenvalue weighted by atomic mass is 10.1. The predicted molar refractivity (Wildman–Crippen MR) is 142 cm³/mol. The Hall–Kier alpha value is -4.12. The second kappa shape index (κ2) is 15.7. The van der Waals surface area contributed by atoms with E-state index in [-0.39, 0.29) is 12.3 Å². The van der Waals surface area contributed by atoms with Crippen LogP contribution >= 0.6 is 11.3 Å². The first-order valence-corrected chi connectivity index (χ1v) is 11.8. The Morgan fingerprint density at radius 1 is 1.03 bits per heavy atom. The lowest BCUT2D eigenvalue weighted by molar-refractivity contribution is -0.116. The van der Waals surface area contributed by atoms with Gasteiger partial charge < -0.3 is 16.4 Å². The molecule has 0 radical (unpaired) electrons. The molecule has 2 aromatic carbocycles. The van der Waals surface area contributed by atoms with Gasteiger partial charge in [0.2, 0.25) is 12.3 Å². The van der Waals surface area contributed by atoms with E-state index in [0.29, 0.717) is 23.4 Å². The molecule has 0 bridgehead atoms. The minimum atomic E-state index is -0.537. The number of benzene rings is 2. The number of carbonyl (C=O) groups is 3. The SMILES string of the molecule is CNCc1ccncc1.NC=O.O=C(CCc1ccccc1)Nc1ccc2sc(C(=O)NO)cc2c1. The Labute approximate surface area is 213 Å². The summed E-state index contributed by atoms with van der Waals surface area (Å²) in [5, 5.41) is 15.5. The van der Waals surface area contributed by atoms with Crippen LogP contribution in [0, 0.1) is 0 Å². The zero-order valence-corrected chi connectivity index (χ0v) is 20.6. The number of nitrogens with zero attached hydrogens (tertiary/aromatic N) is 1. The molecular formula is C26H29N5O4S. The second-order valence-corrected chi connectivity index (χ2v) is 8.44. The predicted octanol–water partition coefficient (Wildman–Crippen LogP) is 3.49. The van der Waals surface area contributed by atoms with E-state index in [2.05, 4.69) is 21.4 Å². The number of aryl methyl sites for hydroxylation is 1. The first-order valence-electron chi connectivity index (χ1n) is 11.0. The molecule has 0 atom stereocenters. The van der Waals surface area contributed by atoms with Crippen molar-refractivity contribution in [3.8, 4) is 0 Å². The maximum Gasteiger partial charge on any atom is 0.284 e. The average Bonchev–Trinajstić information content (AvgIpc) is 3.33. The summed E-state index contributed by atoms with van der Waals surface area (Å²) < 4.78 is 0.913. The summed E-state index contributed by atoms with van der Waals surface area (Å²) in [6.45, 7) is 0.919. The molecule has 2 aromatic heterocycles. The molecule has 188 valence electrons. The molecule has 36 heavy (non-hydrogen) atoms. The molecule has 0 aliphatic heterocycles. The lowest BCUT2D eigenvalue weighted by Crippen LogP contribution is -2.16. The third kappa shape index (κ3) is 9.63. The molecule has 2 heterocycles. The number of thiophene rings is 1. The van der Waals surface area contributed by atoms with Crippen molar-refractivity contribution >= 4 is 45.3 Å². The number of primary amides is 1. The summed E-state index contributed by atoms with van der Waals surface area (Å²) in [6, 6.07) is 21.0. The number of nitrogens with one attached hydrogen (secondary N) is 3. The summed E-state index contributed by atoms with van der Waals surface area (Å²) in [7, 11) is 1.93. The van der Waals surface area contributed by atoms with Gasteiger partial charge in [-0.2, -0.15) is 0 Å². The van der Waals surface area contributed by atoms with Crippen LogP contribution in [0.5, 0.6) is 0 Å². The van der Waals surface area contributed by atoms with E-state index in [1.54, 1.807) is 30.0 Å². The number of nitrogens with two attached hydrogens (primary N) is 1. The molecule has 9 nitrogen and oxygen atoms in total. The van der Waals surface area contributed by atoms with Gasteiger partial charge >= 0.3 is 0 Å². The van der Waals surface area contributed by atoms with Crippen molar-refractivity contribution in [2.24, 2.45) is 5.73 Å². The van der Waals surface area contributed by atoms with Crippen LogP contribution in [0.3, 0.4) is 0 Å². The highest BCUT2D eigenvalue weighted by molar-refractivity contribution is 7.20. The van der Waals surface area contributed by atoms with Gasteiger partial charge in [0.15, 0.2) is 0 Å². The number of amides is 3. The highest BCUT2D eigenvalue weighted by atomic mass is 32.1. The van der Waals surface area contributed by atoms with E-state index >= 15 is 0 Å². The first-order chi connectivity index (χ1) is 17.5. The molecule has 0 spiro atoms. The fourth-order valence-corrected chi connectivity index (χ4v) is 4.05. The summed E-state index contributed by atoms with van der Waals surface area (Å²) in [4.78, 5) is 36.4. The first kappa shape index (κ1) is 28.1. The Kier molecular flexibility index (Phi) is 12.3. The Morgan fingerprint density at radius 2 is 1.72 bits per heavy atom. The highest BCUT2D eigenvalue weighted by Crippen LogP contribution is 2.28. The van der Waals surface area contributed by atoms with Gasteiger partial charge in [-0.25, -0.2) is 5.48 Å². The highest BCUT2D eigenvalue weighted by Gasteiger charge is 2.10. The summed E-state index contributed by atoms with van der Waals surface area (Å²) in [6.07, 6.45) is 4.94. The van der Waals surface area contributed by atoms with Crippen molar-refractivity contribution < 1.29 is 19.6 Å². The van der Waals surface area contributed by atoms with Crippen LogP contribution in [0.25, 0.3) is 10.1 Å². The molecule has 0 aliphatic rings. The number of hydrogen-bond acceptors (Lipinski definition) is 7. The van der Waals surface area contributed by atoms with Gasteiger partial charge in [0.05, 0.1) is 4.88 Å². The minimum absolute atomic E-state index is 0.0539. The Balaban J connectivity index is 0.000000316. The van der Waals surface area contributed by atoms with Crippen LogP contribution in [0.15, 0.2) is 79.1 Å². The minimum Gasteiger partial charge on any atom is -0.372 e. The van der Waals surface area contributed by atoms with E-state index in [9.17, 15) is 9.59 Å². The summed E-state index contributed by atoms with van der Waals surface area (Å²) >= 11 is 1.28. The largest absolute Gasteiger partial charge is 0.372 e. The molecule has 6 N–H and O–H groups in total. The molecule has 0 aliphatic carbocycles. The number of anilines is 1. The van der Waals surface area contributed by atoms with Crippen molar-refractivity contribution in [2.75, 3.05) is 12.4 Å². The number of hydrogen-bond donors (Lipinski definition) is 5. The molecule has 0 fully saturated rings. The van der Waals surface area contributed by atoms with E-state index < -0.39 is 5.91 Å². The monoisotopic (exact) mass is 507 g/mol. The zero-order valence-electron chi connectivity index (χ0n) is 19.8. The van der Waals surface area contributed by atoms with Crippen LogP contribution in [-0.2, 0) is 22.6 Å². The van der Waals surface area contributed by atoms with Gasteiger partial charge in [0.25, 0.3) is 5.91 Å². The quantitative estimate of drug-likeness (QED) is 0.147. The number of aromatic nitrogens is 1. The number of pyridine rings is 1. The molecule has 0 unspecified atom stereocenters.